The number of aliphatic hydroxyl groups excluding tert-OH is 4. The molecule has 8 N–H and O–H groups in total. The summed E-state index contributed by atoms with van der Waals surface area (Å²) in [5.41, 5.74) is 3.96. The van der Waals surface area contributed by atoms with E-state index in [1.165, 1.54) is 29.4 Å². The van der Waals surface area contributed by atoms with Crippen LogP contribution in [0, 0.1) is 6.92 Å². The van der Waals surface area contributed by atoms with Crippen LogP contribution in [0.25, 0.3) is 22.3 Å². The summed E-state index contributed by atoms with van der Waals surface area (Å²) in [6, 6.07) is 0. The van der Waals surface area contributed by atoms with E-state index in [4.69, 9.17) is 15.2 Å². The number of rotatable bonds is 12. The molecule has 0 saturated carbocycles. The van der Waals surface area contributed by atoms with E-state index in [1.807, 2.05) is 0 Å². The number of hydrogen-bond acceptors (Lipinski definition) is 22. The van der Waals surface area contributed by atoms with E-state index in [0.717, 1.165) is 10.9 Å². The predicted molar refractivity (Wildman–Crippen MR) is 158 cm³/mol. The number of anilines is 1. The molecule has 0 amide bonds. The molecule has 11 atom stereocenters. The summed E-state index contributed by atoms with van der Waals surface area (Å²) in [7, 11) is -16.9. The van der Waals surface area contributed by atoms with Crippen LogP contribution in [0.2, 0.25) is 0 Å². The predicted octanol–water partition coefficient (Wildman–Crippen LogP) is -5.72. The number of aromatic amines is 2. The maximum absolute atomic E-state index is 12.4. The van der Waals surface area contributed by atoms with E-state index < -0.39 is 96.9 Å². The number of hydrogen-bond donors (Lipinski definition) is 7. The Bertz CT molecular complexity index is 2280. The molecule has 2 aliphatic heterocycles. The monoisotopic (exact) mass is 799 g/mol. The first-order valence-corrected chi connectivity index (χ1v) is 18.9. The number of aromatic nitrogens is 8. The lowest BCUT2D eigenvalue weighted by Crippen LogP contribution is -2.46. The van der Waals surface area contributed by atoms with Crippen molar-refractivity contribution in [1.82, 2.24) is 34.1 Å². The van der Waals surface area contributed by atoms with Gasteiger partial charge < -0.3 is 59.4 Å². The number of phosphoric acid groups is 3. The number of fused-ring (bicyclic) bond motifs is 2. The van der Waals surface area contributed by atoms with E-state index in [0.29, 0.717) is 0 Å². The van der Waals surface area contributed by atoms with Crippen molar-refractivity contribution in [2.45, 2.75) is 56.0 Å². The van der Waals surface area contributed by atoms with Crippen LogP contribution < -0.4 is 36.1 Å². The summed E-state index contributed by atoms with van der Waals surface area (Å²) in [5, 5.41) is 42.0. The topological polar surface area (TPSA) is 401 Å². The summed E-state index contributed by atoms with van der Waals surface area (Å²) in [4.78, 5) is 77.9. The highest BCUT2D eigenvalue weighted by Crippen LogP contribution is 2.63. The third-order valence-corrected chi connectivity index (χ3v) is 11.9. The Kier molecular flexibility index (Phi) is 10.2. The maximum atomic E-state index is 12.4. The molecule has 0 spiro atoms. The van der Waals surface area contributed by atoms with Crippen LogP contribution >= 0.6 is 23.5 Å². The number of H-pyrrole nitrogens is 2. The molecule has 2 aliphatic rings. The number of imidazole rings is 2. The molecular weight excluding hydrogens is 771 g/mol. The fourth-order valence-corrected chi connectivity index (χ4v) is 8.89. The summed E-state index contributed by atoms with van der Waals surface area (Å²) < 4.78 is 67.8. The molecule has 0 aromatic carbocycles. The molecule has 4 aromatic rings. The van der Waals surface area contributed by atoms with Crippen LogP contribution in [0.3, 0.4) is 0 Å². The minimum absolute atomic E-state index is 0.0330. The number of phosphoric ester groups is 2. The van der Waals surface area contributed by atoms with Gasteiger partial charge in [0.1, 0.15) is 36.6 Å². The molecule has 2 fully saturated rings. The summed E-state index contributed by atoms with van der Waals surface area (Å²) in [6.45, 7) is -0.872. The molecule has 52 heavy (non-hydrogen) atoms. The van der Waals surface area contributed by atoms with Crippen LogP contribution in [0.5, 0.6) is 0 Å². The van der Waals surface area contributed by atoms with Gasteiger partial charge in [0.2, 0.25) is 17.7 Å². The molecule has 0 aliphatic carbocycles. The third-order valence-electron chi connectivity index (χ3n) is 7.76. The molecule has 286 valence electrons. The van der Waals surface area contributed by atoms with Crippen LogP contribution in [0.1, 0.15) is 18.3 Å². The summed E-state index contributed by atoms with van der Waals surface area (Å²) in [6.07, 6.45) is -11.2. The van der Waals surface area contributed by atoms with Gasteiger partial charge in [-0.05, 0) is 0 Å². The molecule has 30 heteroatoms. The van der Waals surface area contributed by atoms with Gasteiger partial charge in [-0.1, -0.05) is 4.98 Å². The Morgan fingerprint density at radius 1 is 0.904 bits per heavy atom. The van der Waals surface area contributed by atoms with Crippen molar-refractivity contribution in [2.75, 3.05) is 18.9 Å². The van der Waals surface area contributed by atoms with Gasteiger partial charge in [0.15, 0.2) is 29.5 Å². The van der Waals surface area contributed by atoms with Crippen molar-refractivity contribution in [3.05, 3.63) is 39.2 Å². The van der Waals surface area contributed by atoms with Gasteiger partial charge in [0.05, 0.1) is 26.6 Å². The number of ether oxygens (including phenoxy) is 2. The van der Waals surface area contributed by atoms with E-state index >= 15 is 0 Å². The minimum atomic E-state index is -6.36. The Morgan fingerprint density at radius 3 is 2.13 bits per heavy atom. The zero-order chi connectivity index (χ0) is 38.1. The molecule has 6 rings (SSSR count). The number of nitrogen functional groups attached to an aromatic ring is 1. The fourth-order valence-electron chi connectivity index (χ4n) is 5.51. The SMILES string of the molecule is Cc1nc2c(c(=O)[nH]1)n(C)c[n+]2[C@H]1O[C@@H](COP(=O)([O-])OP(=O)([O-])OP(=O)([O-])OC[C@H]2O[C@@H](n3cnc4c(=O)[nH]c(N)nc43)C(O)C2O)C(O)C1O. The second kappa shape index (κ2) is 13.8. The quantitative estimate of drug-likeness (QED) is 0.0518. The van der Waals surface area contributed by atoms with Crippen LogP contribution in [-0.4, -0.2) is 104 Å². The average molecular weight is 799 g/mol. The standard InChI is InChI=1S/C22H30N9O18P3/c1-7-25-17-11(19(37)26-7)29(2)6-31(17)21-15(35)13(33)9(47-21)4-45-51(40,41)49-52(42,43)48-50(38,39)44-3-8-12(32)14(34)20(46-8)30-5-24-10-16(30)27-22(23)28-18(10)36/h5-6,8-9,12-15,20-21,32-35H,3-4H2,1-2H3,(H6-,23,25,26,27,28,36,37,38,39,40,41,42,43)/p-2/t8-,9+,12?,13?,14?,15?,20-,21+/m1/s1. The lowest BCUT2D eigenvalue weighted by atomic mass is 10.1. The van der Waals surface area contributed by atoms with Crippen LogP contribution in [0.4, 0.5) is 5.95 Å². The van der Waals surface area contributed by atoms with E-state index in [9.17, 15) is 58.4 Å². The number of nitrogens with two attached hydrogens (primary N) is 1. The molecule has 7 unspecified atom stereocenters. The largest absolute Gasteiger partial charge is 0.756 e. The molecular formula is C22H28N9O18P3-2. The molecule has 0 bridgehead atoms. The van der Waals surface area contributed by atoms with Gasteiger partial charge in [0.25, 0.3) is 34.6 Å². The second-order valence-electron chi connectivity index (χ2n) is 11.4. The normalized spacial score (nSPS) is 30.1. The molecule has 27 nitrogen and oxygen atoms in total. The lowest BCUT2D eigenvalue weighted by molar-refractivity contribution is -0.745. The Balaban J connectivity index is 1.05. The van der Waals surface area contributed by atoms with Gasteiger partial charge in [-0.2, -0.15) is 4.98 Å². The lowest BCUT2D eigenvalue weighted by Gasteiger charge is -2.34. The Morgan fingerprint density at radius 2 is 1.50 bits per heavy atom. The Hall–Kier alpha value is -3.33. The van der Waals surface area contributed by atoms with Crippen molar-refractivity contribution in [3.8, 4) is 0 Å². The van der Waals surface area contributed by atoms with Crippen molar-refractivity contribution >= 4 is 51.7 Å². The Labute approximate surface area is 287 Å². The smallest absolute Gasteiger partial charge is 0.311 e. The molecule has 2 saturated heterocycles. The number of nitrogens with zero attached hydrogens (tertiary/aromatic N) is 6. The van der Waals surface area contributed by atoms with Crippen LogP contribution in [-0.2, 0) is 47.9 Å². The number of nitrogens with one attached hydrogen (secondary N) is 2. The molecule has 6 heterocycles. The van der Waals surface area contributed by atoms with Crippen molar-refractivity contribution < 1.29 is 80.5 Å². The maximum Gasteiger partial charge on any atom is 0.311 e. The van der Waals surface area contributed by atoms with Gasteiger partial charge in [-0.15, -0.1) is 0 Å². The highest BCUT2D eigenvalue weighted by atomic mass is 31.3. The first-order valence-electron chi connectivity index (χ1n) is 14.5. The van der Waals surface area contributed by atoms with Gasteiger partial charge >= 0.3 is 5.65 Å². The average Bonchev–Trinajstić information content (AvgIpc) is 3.74. The van der Waals surface area contributed by atoms with Crippen molar-refractivity contribution in [1.29, 1.82) is 0 Å². The second-order valence-corrected chi connectivity index (χ2v) is 15.9. The minimum Gasteiger partial charge on any atom is -0.756 e. The summed E-state index contributed by atoms with van der Waals surface area (Å²) in [5.74, 6) is -0.124. The van der Waals surface area contributed by atoms with Crippen molar-refractivity contribution in [3.63, 3.8) is 0 Å². The van der Waals surface area contributed by atoms with Crippen molar-refractivity contribution in [2.24, 2.45) is 7.05 Å². The first kappa shape index (κ1) is 38.4. The van der Waals surface area contributed by atoms with E-state index in [1.54, 1.807) is 0 Å². The molecule has 0 radical (unpaired) electrons. The number of aryl methyl sites for hydroxylation is 2. The highest BCUT2D eigenvalue weighted by Gasteiger charge is 2.48. The van der Waals surface area contributed by atoms with Gasteiger partial charge in [0, 0.05) is 6.92 Å². The van der Waals surface area contributed by atoms with E-state index in [2.05, 4.69) is 42.6 Å². The van der Waals surface area contributed by atoms with E-state index in [-0.39, 0.29) is 34.1 Å². The molecule has 4 aromatic heterocycles. The van der Waals surface area contributed by atoms with Crippen LogP contribution in [0.15, 0.2) is 22.2 Å². The fraction of sp³-hybridized carbons (Fsp3) is 0.545. The summed E-state index contributed by atoms with van der Waals surface area (Å²) >= 11 is 0. The van der Waals surface area contributed by atoms with Gasteiger partial charge in [-0.25, -0.2) is 18.2 Å². The highest BCUT2D eigenvalue weighted by molar-refractivity contribution is 7.65. The third kappa shape index (κ3) is 7.53. The zero-order valence-electron chi connectivity index (χ0n) is 26.3. The first-order chi connectivity index (χ1) is 24.2. The zero-order valence-corrected chi connectivity index (χ0v) is 29.0. The number of aliphatic hydroxyl groups is 4. The van der Waals surface area contributed by atoms with Gasteiger partial charge in [-0.3, -0.25) is 42.4 Å².